The minimum absolute atomic E-state index is 0.315. The number of rotatable bonds is 9. The van der Waals surface area contributed by atoms with E-state index in [4.69, 9.17) is 5.11 Å². The third-order valence-corrected chi connectivity index (χ3v) is 4.38. The summed E-state index contributed by atoms with van der Waals surface area (Å²) in [5.74, 6) is 3.04. The SMILES string of the molecule is OCCCSCCNC(c1ccccc1)C1CC1. The van der Waals surface area contributed by atoms with E-state index in [2.05, 4.69) is 35.6 Å². The molecule has 0 saturated heterocycles. The molecule has 1 aromatic rings. The number of hydrogen-bond acceptors (Lipinski definition) is 3. The third-order valence-electron chi connectivity index (χ3n) is 3.31. The second kappa shape index (κ2) is 7.82. The summed E-state index contributed by atoms with van der Waals surface area (Å²) in [6.07, 6.45) is 3.64. The van der Waals surface area contributed by atoms with E-state index < -0.39 is 0 Å². The van der Waals surface area contributed by atoms with Crippen LogP contribution >= 0.6 is 11.8 Å². The van der Waals surface area contributed by atoms with Crippen LogP contribution < -0.4 is 5.32 Å². The molecule has 100 valence electrons. The molecule has 1 aliphatic carbocycles. The van der Waals surface area contributed by atoms with Crippen molar-refractivity contribution in [1.82, 2.24) is 5.32 Å². The predicted molar refractivity (Wildman–Crippen MR) is 78.9 cm³/mol. The standard InChI is InChI=1S/C15H23NOS/c17-10-4-11-18-12-9-16-15(14-7-8-14)13-5-2-1-3-6-13/h1-3,5-6,14-17H,4,7-12H2. The highest BCUT2D eigenvalue weighted by molar-refractivity contribution is 7.99. The van der Waals surface area contributed by atoms with Crippen LogP contribution in [0.1, 0.15) is 30.9 Å². The largest absolute Gasteiger partial charge is 0.396 e. The number of benzene rings is 1. The molecule has 18 heavy (non-hydrogen) atoms. The summed E-state index contributed by atoms with van der Waals surface area (Å²) in [7, 11) is 0. The lowest BCUT2D eigenvalue weighted by Crippen LogP contribution is -2.25. The van der Waals surface area contributed by atoms with Crippen molar-refractivity contribution >= 4 is 11.8 Å². The Morgan fingerprint density at radius 2 is 2.00 bits per heavy atom. The van der Waals surface area contributed by atoms with Gasteiger partial charge in [0.1, 0.15) is 0 Å². The van der Waals surface area contributed by atoms with Gasteiger partial charge in [0.25, 0.3) is 0 Å². The molecule has 2 nitrogen and oxygen atoms in total. The molecule has 0 radical (unpaired) electrons. The summed E-state index contributed by atoms with van der Waals surface area (Å²) in [6.45, 7) is 1.38. The van der Waals surface area contributed by atoms with Gasteiger partial charge in [-0.1, -0.05) is 30.3 Å². The van der Waals surface area contributed by atoms with Crippen molar-refractivity contribution in [2.75, 3.05) is 24.7 Å². The van der Waals surface area contributed by atoms with Gasteiger partial charge in [0.05, 0.1) is 0 Å². The first-order valence-electron chi connectivity index (χ1n) is 6.88. The molecule has 1 aromatic carbocycles. The van der Waals surface area contributed by atoms with Crippen molar-refractivity contribution in [2.45, 2.75) is 25.3 Å². The van der Waals surface area contributed by atoms with Gasteiger partial charge in [-0.05, 0) is 36.5 Å². The van der Waals surface area contributed by atoms with Gasteiger partial charge in [-0.3, -0.25) is 0 Å². The molecule has 2 N–H and O–H groups in total. The van der Waals surface area contributed by atoms with Gasteiger partial charge in [0.2, 0.25) is 0 Å². The minimum Gasteiger partial charge on any atom is -0.396 e. The number of nitrogens with one attached hydrogen (secondary N) is 1. The van der Waals surface area contributed by atoms with E-state index >= 15 is 0 Å². The molecule has 0 amide bonds. The molecule has 0 spiro atoms. The van der Waals surface area contributed by atoms with Gasteiger partial charge in [0, 0.05) is 24.9 Å². The van der Waals surface area contributed by atoms with E-state index in [-0.39, 0.29) is 0 Å². The Balaban J connectivity index is 1.71. The zero-order chi connectivity index (χ0) is 12.6. The van der Waals surface area contributed by atoms with Gasteiger partial charge in [0.15, 0.2) is 0 Å². The maximum atomic E-state index is 8.71. The van der Waals surface area contributed by atoms with Crippen LogP contribution in [-0.4, -0.2) is 29.8 Å². The first-order chi connectivity index (χ1) is 8.92. The van der Waals surface area contributed by atoms with E-state index in [1.165, 1.54) is 18.4 Å². The highest BCUT2D eigenvalue weighted by Gasteiger charge is 2.31. The maximum Gasteiger partial charge on any atom is 0.0438 e. The molecular weight excluding hydrogens is 242 g/mol. The van der Waals surface area contributed by atoms with Crippen LogP contribution in [0.15, 0.2) is 30.3 Å². The lowest BCUT2D eigenvalue weighted by molar-refractivity contribution is 0.296. The predicted octanol–water partition coefficient (Wildman–Crippen LogP) is 2.84. The van der Waals surface area contributed by atoms with Crippen molar-refractivity contribution in [2.24, 2.45) is 5.92 Å². The molecule has 0 aliphatic heterocycles. The van der Waals surface area contributed by atoms with Gasteiger partial charge in [-0.2, -0.15) is 11.8 Å². The van der Waals surface area contributed by atoms with Crippen LogP contribution in [0.2, 0.25) is 0 Å². The Morgan fingerprint density at radius 3 is 2.67 bits per heavy atom. The highest BCUT2D eigenvalue weighted by atomic mass is 32.2. The summed E-state index contributed by atoms with van der Waals surface area (Å²) in [5, 5.41) is 12.4. The Labute approximate surface area is 114 Å². The Morgan fingerprint density at radius 1 is 1.22 bits per heavy atom. The average molecular weight is 265 g/mol. The molecule has 3 heteroatoms. The second-order valence-corrected chi connectivity index (χ2v) is 6.09. The zero-order valence-corrected chi connectivity index (χ0v) is 11.7. The monoisotopic (exact) mass is 265 g/mol. The van der Waals surface area contributed by atoms with Gasteiger partial charge >= 0.3 is 0 Å². The molecule has 1 saturated carbocycles. The Bertz CT molecular complexity index is 327. The smallest absolute Gasteiger partial charge is 0.0438 e. The summed E-state index contributed by atoms with van der Waals surface area (Å²) >= 11 is 1.92. The van der Waals surface area contributed by atoms with Crippen molar-refractivity contribution in [3.63, 3.8) is 0 Å². The van der Waals surface area contributed by atoms with Gasteiger partial charge in [-0.15, -0.1) is 0 Å². The zero-order valence-electron chi connectivity index (χ0n) is 10.8. The van der Waals surface area contributed by atoms with E-state index in [1.54, 1.807) is 0 Å². The Hall–Kier alpha value is -0.510. The van der Waals surface area contributed by atoms with E-state index in [0.717, 1.165) is 30.4 Å². The van der Waals surface area contributed by atoms with E-state index in [9.17, 15) is 0 Å². The molecule has 0 heterocycles. The van der Waals surface area contributed by atoms with Crippen molar-refractivity contribution < 1.29 is 5.11 Å². The molecule has 0 bridgehead atoms. The molecule has 1 fully saturated rings. The fourth-order valence-corrected chi connectivity index (χ4v) is 3.00. The molecule has 1 aliphatic rings. The van der Waals surface area contributed by atoms with E-state index in [0.29, 0.717) is 12.6 Å². The molecule has 2 rings (SSSR count). The maximum absolute atomic E-state index is 8.71. The number of thioether (sulfide) groups is 1. The van der Waals surface area contributed by atoms with Crippen LogP contribution in [0.5, 0.6) is 0 Å². The van der Waals surface area contributed by atoms with Crippen LogP contribution in [0.4, 0.5) is 0 Å². The fourth-order valence-electron chi connectivity index (χ4n) is 2.20. The first kappa shape index (κ1) is 13.9. The molecular formula is C15H23NOS. The fraction of sp³-hybridized carbons (Fsp3) is 0.600. The molecule has 1 atom stereocenters. The lowest BCUT2D eigenvalue weighted by atomic mass is 10.0. The van der Waals surface area contributed by atoms with E-state index in [1.807, 2.05) is 11.8 Å². The average Bonchev–Trinajstić information content (AvgIpc) is 3.23. The normalized spacial score (nSPS) is 16.7. The Kier molecular flexibility index (Phi) is 6.05. The summed E-state index contributed by atoms with van der Waals surface area (Å²) in [5.41, 5.74) is 1.43. The molecule has 0 aromatic heterocycles. The number of hydrogen-bond donors (Lipinski definition) is 2. The van der Waals surface area contributed by atoms with Gasteiger partial charge in [-0.25, -0.2) is 0 Å². The second-order valence-electron chi connectivity index (χ2n) is 4.87. The third kappa shape index (κ3) is 4.63. The summed E-state index contributed by atoms with van der Waals surface area (Å²) in [6, 6.07) is 11.3. The first-order valence-corrected chi connectivity index (χ1v) is 8.04. The lowest BCUT2D eigenvalue weighted by Gasteiger charge is -2.18. The molecule has 1 unspecified atom stereocenters. The topological polar surface area (TPSA) is 32.3 Å². The number of aliphatic hydroxyl groups is 1. The van der Waals surface area contributed by atoms with Crippen LogP contribution in [0.25, 0.3) is 0 Å². The van der Waals surface area contributed by atoms with Crippen LogP contribution in [0.3, 0.4) is 0 Å². The van der Waals surface area contributed by atoms with Crippen molar-refractivity contribution in [3.05, 3.63) is 35.9 Å². The summed E-state index contributed by atoms with van der Waals surface area (Å²) in [4.78, 5) is 0. The highest BCUT2D eigenvalue weighted by Crippen LogP contribution is 2.40. The minimum atomic E-state index is 0.315. The van der Waals surface area contributed by atoms with Crippen molar-refractivity contribution in [1.29, 1.82) is 0 Å². The van der Waals surface area contributed by atoms with Crippen LogP contribution in [-0.2, 0) is 0 Å². The van der Waals surface area contributed by atoms with Crippen molar-refractivity contribution in [3.8, 4) is 0 Å². The van der Waals surface area contributed by atoms with Crippen LogP contribution in [0, 0.1) is 5.92 Å². The number of aliphatic hydroxyl groups excluding tert-OH is 1. The van der Waals surface area contributed by atoms with Gasteiger partial charge < -0.3 is 10.4 Å². The summed E-state index contributed by atoms with van der Waals surface area (Å²) < 4.78 is 0. The quantitative estimate of drug-likeness (QED) is 0.673.